The van der Waals surface area contributed by atoms with E-state index in [4.69, 9.17) is 10.5 Å². The number of primary amides is 1. The highest BCUT2D eigenvalue weighted by Crippen LogP contribution is 2.52. The minimum Gasteiger partial charge on any atom is -0.378 e. The third-order valence-electron chi connectivity index (χ3n) is 5.06. The lowest BCUT2D eigenvalue weighted by molar-refractivity contribution is -0.183. The number of carbonyl (C=O) groups is 1. The first-order chi connectivity index (χ1) is 9.32. The molecular weight excluding hydrogens is 252 g/mol. The highest BCUT2D eigenvalue weighted by atomic mass is 16.5. The maximum Gasteiger partial charge on any atom is 0.239 e. The Kier molecular flexibility index (Phi) is 3.89. The van der Waals surface area contributed by atoms with Crippen molar-refractivity contribution in [2.24, 2.45) is 11.1 Å². The summed E-state index contributed by atoms with van der Waals surface area (Å²) in [4.78, 5) is 11.7. The molecule has 2 rings (SSSR count). The van der Waals surface area contributed by atoms with Crippen molar-refractivity contribution < 1.29 is 9.53 Å². The normalized spacial score (nSPS) is 29.5. The molecule has 0 radical (unpaired) electrons. The van der Waals surface area contributed by atoms with Gasteiger partial charge in [0.2, 0.25) is 5.91 Å². The third kappa shape index (κ3) is 2.34. The molecule has 1 aliphatic rings. The van der Waals surface area contributed by atoms with Crippen LogP contribution in [-0.4, -0.2) is 24.7 Å². The van der Waals surface area contributed by atoms with E-state index < -0.39 is 6.04 Å². The van der Waals surface area contributed by atoms with Crippen LogP contribution in [0, 0.1) is 5.41 Å². The summed E-state index contributed by atoms with van der Waals surface area (Å²) in [6.45, 7) is 6.41. The topological polar surface area (TPSA) is 64.3 Å². The second-order valence-corrected chi connectivity index (χ2v) is 6.33. The molecule has 0 aliphatic heterocycles. The molecule has 1 aromatic carbocycles. The first-order valence-electron chi connectivity index (χ1n) is 6.97. The maximum atomic E-state index is 11.7. The third-order valence-corrected chi connectivity index (χ3v) is 5.06. The van der Waals surface area contributed by atoms with Gasteiger partial charge in [-0.05, 0) is 18.9 Å². The van der Waals surface area contributed by atoms with Gasteiger partial charge in [0.25, 0.3) is 0 Å². The summed E-state index contributed by atoms with van der Waals surface area (Å²) in [5.41, 5.74) is 6.24. The van der Waals surface area contributed by atoms with Gasteiger partial charge in [0, 0.05) is 18.6 Å². The number of rotatable bonds is 5. The molecule has 1 aromatic rings. The molecule has 0 bridgehead atoms. The summed E-state index contributed by atoms with van der Waals surface area (Å²) in [7, 11) is 1.74. The molecule has 1 saturated carbocycles. The van der Waals surface area contributed by atoms with Crippen LogP contribution < -0.4 is 11.1 Å². The molecule has 0 heterocycles. The molecule has 0 aromatic heterocycles. The van der Waals surface area contributed by atoms with Crippen LogP contribution in [0.4, 0.5) is 0 Å². The quantitative estimate of drug-likeness (QED) is 0.864. The number of hydrogen-bond acceptors (Lipinski definition) is 3. The molecule has 4 heteroatoms. The van der Waals surface area contributed by atoms with Crippen LogP contribution in [0.2, 0.25) is 0 Å². The first kappa shape index (κ1) is 15.0. The SMILES string of the molecule is COC1(C)CC(NC(C(N)=O)c2ccccc2)C1(C)C. The predicted molar refractivity (Wildman–Crippen MR) is 79.1 cm³/mol. The molecule has 0 spiro atoms. The molecule has 20 heavy (non-hydrogen) atoms. The Morgan fingerprint density at radius 3 is 2.40 bits per heavy atom. The second kappa shape index (κ2) is 5.19. The Bertz CT molecular complexity index is 487. The van der Waals surface area contributed by atoms with Gasteiger partial charge >= 0.3 is 0 Å². The number of nitrogens with one attached hydrogen (secondary N) is 1. The summed E-state index contributed by atoms with van der Waals surface area (Å²) in [6.07, 6.45) is 0.868. The van der Waals surface area contributed by atoms with Crippen molar-refractivity contribution in [2.45, 2.75) is 44.9 Å². The van der Waals surface area contributed by atoms with Crippen LogP contribution in [0.3, 0.4) is 0 Å². The zero-order valence-corrected chi connectivity index (χ0v) is 12.6. The van der Waals surface area contributed by atoms with E-state index in [-0.39, 0.29) is 23.0 Å². The van der Waals surface area contributed by atoms with Crippen molar-refractivity contribution >= 4 is 5.91 Å². The highest BCUT2D eigenvalue weighted by molar-refractivity contribution is 5.81. The lowest BCUT2D eigenvalue weighted by Gasteiger charge is -2.59. The molecule has 3 atom stereocenters. The van der Waals surface area contributed by atoms with Gasteiger partial charge in [0.1, 0.15) is 6.04 Å². The van der Waals surface area contributed by atoms with Crippen LogP contribution in [0.5, 0.6) is 0 Å². The van der Waals surface area contributed by atoms with E-state index in [9.17, 15) is 4.79 Å². The van der Waals surface area contributed by atoms with Crippen molar-refractivity contribution in [1.29, 1.82) is 0 Å². The van der Waals surface area contributed by atoms with Crippen LogP contribution in [0.15, 0.2) is 30.3 Å². The average molecular weight is 276 g/mol. The van der Waals surface area contributed by atoms with Crippen LogP contribution in [0.25, 0.3) is 0 Å². The number of ether oxygens (including phenoxy) is 1. The fourth-order valence-electron chi connectivity index (χ4n) is 2.95. The molecule has 3 N–H and O–H groups in total. The van der Waals surface area contributed by atoms with Gasteiger partial charge in [-0.2, -0.15) is 0 Å². The van der Waals surface area contributed by atoms with Gasteiger partial charge in [0.05, 0.1) is 5.60 Å². The van der Waals surface area contributed by atoms with Gasteiger partial charge < -0.3 is 10.5 Å². The van der Waals surface area contributed by atoms with E-state index >= 15 is 0 Å². The molecule has 1 aliphatic carbocycles. The summed E-state index contributed by atoms with van der Waals surface area (Å²) in [5, 5.41) is 3.39. The zero-order chi connectivity index (χ0) is 15.0. The molecule has 0 saturated heterocycles. The number of amides is 1. The Labute approximate surface area is 120 Å². The molecular formula is C16H24N2O2. The zero-order valence-electron chi connectivity index (χ0n) is 12.6. The largest absolute Gasteiger partial charge is 0.378 e. The van der Waals surface area contributed by atoms with Crippen molar-refractivity contribution in [3.8, 4) is 0 Å². The monoisotopic (exact) mass is 276 g/mol. The van der Waals surface area contributed by atoms with Gasteiger partial charge in [-0.25, -0.2) is 0 Å². The van der Waals surface area contributed by atoms with E-state index in [1.54, 1.807) is 7.11 Å². The fourth-order valence-corrected chi connectivity index (χ4v) is 2.95. The Hall–Kier alpha value is -1.39. The fraction of sp³-hybridized carbons (Fsp3) is 0.562. The lowest BCUT2D eigenvalue weighted by atomic mass is 9.55. The van der Waals surface area contributed by atoms with Crippen molar-refractivity contribution in [3.05, 3.63) is 35.9 Å². The summed E-state index contributed by atoms with van der Waals surface area (Å²) >= 11 is 0. The Morgan fingerprint density at radius 2 is 1.95 bits per heavy atom. The van der Waals surface area contributed by atoms with Gasteiger partial charge in [-0.1, -0.05) is 44.2 Å². The number of hydrogen-bond donors (Lipinski definition) is 2. The smallest absolute Gasteiger partial charge is 0.239 e. The van der Waals surface area contributed by atoms with Gasteiger partial charge in [0.15, 0.2) is 0 Å². The van der Waals surface area contributed by atoms with Crippen LogP contribution in [0.1, 0.15) is 38.8 Å². The van der Waals surface area contributed by atoms with Crippen molar-refractivity contribution in [3.63, 3.8) is 0 Å². The number of carbonyl (C=O) groups excluding carboxylic acids is 1. The lowest BCUT2D eigenvalue weighted by Crippen LogP contribution is -2.68. The van der Waals surface area contributed by atoms with E-state index in [2.05, 4.69) is 26.1 Å². The van der Waals surface area contributed by atoms with Crippen LogP contribution in [-0.2, 0) is 9.53 Å². The number of nitrogens with two attached hydrogens (primary N) is 1. The number of benzene rings is 1. The van der Waals surface area contributed by atoms with E-state index in [0.717, 1.165) is 12.0 Å². The van der Waals surface area contributed by atoms with E-state index in [0.29, 0.717) is 0 Å². The molecule has 3 unspecified atom stereocenters. The molecule has 110 valence electrons. The first-order valence-corrected chi connectivity index (χ1v) is 6.97. The maximum absolute atomic E-state index is 11.7. The van der Waals surface area contributed by atoms with Crippen LogP contribution >= 0.6 is 0 Å². The van der Waals surface area contributed by atoms with Crippen molar-refractivity contribution in [2.75, 3.05) is 7.11 Å². The highest BCUT2D eigenvalue weighted by Gasteiger charge is 2.58. The second-order valence-electron chi connectivity index (χ2n) is 6.33. The molecule has 4 nitrogen and oxygen atoms in total. The average Bonchev–Trinajstić information content (AvgIpc) is 2.43. The minimum absolute atomic E-state index is 0.0514. The summed E-state index contributed by atoms with van der Waals surface area (Å²) in [6, 6.07) is 9.34. The standard InChI is InChI=1S/C16H24N2O2/c1-15(2)12(10-16(15,3)20-4)18-13(14(17)19)11-8-6-5-7-9-11/h5-9,12-13,18H,10H2,1-4H3,(H2,17,19). The van der Waals surface area contributed by atoms with Gasteiger partial charge in [-0.3, -0.25) is 10.1 Å². The Morgan fingerprint density at radius 1 is 1.35 bits per heavy atom. The summed E-state index contributed by atoms with van der Waals surface area (Å²) in [5.74, 6) is -0.349. The van der Waals surface area contributed by atoms with E-state index in [1.807, 2.05) is 30.3 Å². The summed E-state index contributed by atoms with van der Waals surface area (Å²) < 4.78 is 5.61. The number of methoxy groups -OCH3 is 1. The Balaban J connectivity index is 2.14. The van der Waals surface area contributed by atoms with E-state index in [1.165, 1.54) is 0 Å². The predicted octanol–water partition coefficient (Wildman–Crippen LogP) is 2.01. The van der Waals surface area contributed by atoms with Gasteiger partial charge in [-0.15, -0.1) is 0 Å². The molecule has 1 fully saturated rings. The molecule has 1 amide bonds. The van der Waals surface area contributed by atoms with Crippen molar-refractivity contribution in [1.82, 2.24) is 5.32 Å². The minimum atomic E-state index is -0.457.